The zero-order chi connectivity index (χ0) is 18.6. The minimum absolute atomic E-state index is 0.107. The summed E-state index contributed by atoms with van der Waals surface area (Å²) in [5.74, 6) is 0.471. The quantitative estimate of drug-likeness (QED) is 0.711. The van der Waals surface area contributed by atoms with Crippen molar-refractivity contribution in [2.45, 2.75) is 6.54 Å². The second-order valence-corrected chi connectivity index (χ2v) is 6.60. The Morgan fingerprint density at radius 3 is 2.52 bits per heavy atom. The molecule has 6 heteroatoms. The van der Waals surface area contributed by atoms with Gasteiger partial charge in [0.05, 0.1) is 0 Å². The number of halogens is 1. The van der Waals surface area contributed by atoms with Gasteiger partial charge in [0, 0.05) is 50.7 Å². The van der Waals surface area contributed by atoms with Crippen LogP contribution in [-0.2, 0) is 6.54 Å². The second-order valence-electron chi connectivity index (χ2n) is 6.60. The molecule has 5 nitrogen and oxygen atoms in total. The van der Waals surface area contributed by atoms with Crippen LogP contribution in [0.25, 0.3) is 11.3 Å². The second kappa shape index (κ2) is 7.72. The van der Waals surface area contributed by atoms with Crippen LogP contribution in [0, 0.1) is 5.82 Å². The van der Waals surface area contributed by atoms with E-state index in [0.717, 1.165) is 25.2 Å². The lowest BCUT2D eigenvalue weighted by atomic mass is 10.2. The molecular formula is C21H20FN3O2. The maximum Gasteiger partial charge on any atom is 0.289 e. The Morgan fingerprint density at radius 1 is 1.04 bits per heavy atom. The first-order chi connectivity index (χ1) is 13.2. The molecule has 1 aromatic carbocycles. The van der Waals surface area contributed by atoms with Crippen LogP contribution in [-0.4, -0.2) is 46.9 Å². The summed E-state index contributed by atoms with van der Waals surface area (Å²) < 4.78 is 18.8. The number of pyridine rings is 1. The van der Waals surface area contributed by atoms with Crippen molar-refractivity contribution in [1.82, 2.24) is 14.8 Å². The number of carbonyl (C=O) groups is 1. The molecule has 27 heavy (non-hydrogen) atoms. The summed E-state index contributed by atoms with van der Waals surface area (Å²) in [4.78, 5) is 21.0. The van der Waals surface area contributed by atoms with Crippen LogP contribution in [0.2, 0.25) is 0 Å². The van der Waals surface area contributed by atoms with Gasteiger partial charge in [-0.05, 0) is 48.0 Å². The van der Waals surface area contributed by atoms with Crippen molar-refractivity contribution >= 4 is 5.91 Å². The molecule has 3 heterocycles. The fourth-order valence-corrected chi connectivity index (χ4v) is 3.24. The fraction of sp³-hybridized carbons (Fsp3) is 0.238. The minimum Gasteiger partial charge on any atom is -0.451 e. The van der Waals surface area contributed by atoms with E-state index in [0.29, 0.717) is 24.6 Å². The summed E-state index contributed by atoms with van der Waals surface area (Å²) in [6.45, 7) is 3.78. The molecule has 1 aliphatic rings. The Labute approximate surface area is 157 Å². The van der Waals surface area contributed by atoms with Crippen molar-refractivity contribution < 1.29 is 13.6 Å². The molecular weight excluding hydrogens is 345 g/mol. The van der Waals surface area contributed by atoms with E-state index in [1.807, 2.05) is 17.2 Å². The summed E-state index contributed by atoms with van der Waals surface area (Å²) in [5.41, 5.74) is 1.92. The van der Waals surface area contributed by atoms with Crippen LogP contribution in [0.3, 0.4) is 0 Å². The summed E-state index contributed by atoms with van der Waals surface area (Å²) in [6, 6.07) is 13.5. The number of furan rings is 1. The number of rotatable bonds is 4. The Morgan fingerprint density at radius 2 is 1.81 bits per heavy atom. The molecule has 2 aromatic heterocycles. The summed E-state index contributed by atoms with van der Waals surface area (Å²) in [5, 5.41) is 0. The lowest BCUT2D eigenvalue weighted by molar-refractivity contribution is 0.0598. The third-order valence-electron chi connectivity index (χ3n) is 4.73. The van der Waals surface area contributed by atoms with E-state index >= 15 is 0 Å². The smallest absolute Gasteiger partial charge is 0.289 e. The van der Waals surface area contributed by atoms with Crippen molar-refractivity contribution in [3.8, 4) is 11.3 Å². The Hall–Kier alpha value is -2.99. The lowest BCUT2D eigenvalue weighted by Crippen LogP contribution is -2.48. The predicted octanol–water partition coefficient (Wildman–Crippen LogP) is 3.44. The lowest BCUT2D eigenvalue weighted by Gasteiger charge is -2.34. The van der Waals surface area contributed by atoms with Gasteiger partial charge in [-0.25, -0.2) is 4.39 Å². The number of carbonyl (C=O) groups excluding carboxylic acids is 1. The molecule has 0 aliphatic carbocycles. The number of nitrogens with zero attached hydrogens (tertiary/aromatic N) is 3. The zero-order valence-electron chi connectivity index (χ0n) is 14.8. The van der Waals surface area contributed by atoms with Gasteiger partial charge in [-0.2, -0.15) is 0 Å². The first-order valence-electron chi connectivity index (χ1n) is 8.95. The highest BCUT2D eigenvalue weighted by atomic mass is 19.1. The summed E-state index contributed by atoms with van der Waals surface area (Å²) >= 11 is 0. The number of piperazine rings is 1. The largest absolute Gasteiger partial charge is 0.451 e. The Bertz CT molecular complexity index is 901. The minimum atomic E-state index is -0.300. The predicted molar refractivity (Wildman–Crippen MR) is 99.5 cm³/mol. The van der Waals surface area contributed by atoms with Crippen LogP contribution < -0.4 is 0 Å². The van der Waals surface area contributed by atoms with Crippen molar-refractivity contribution in [2.75, 3.05) is 26.2 Å². The summed E-state index contributed by atoms with van der Waals surface area (Å²) in [7, 11) is 0. The SMILES string of the molecule is O=C(c1ccc(-c2ccc(F)cc2)o1)N1CCN(Cc2cccnc2)CC1. The van der Waals surface area contributed by atoms with Gasteiger partial charge in [0.25, 0.3) is 5.91 Å². The third kappa shape index (κ3) is 4.06. The van der Waals surface area contributed by atoms with Crippen molar-refractivity contribution in [3.05, 3.63) is 78.1 Å². The van der Waals surface area contributed by atoms with E-state index in [4.69, 9.17) is 4.42 Å². The molecule has 0 N–H and O–H groups in total. The molecule has 1 aliphatic heterocycles. The molecule has 0 saturated carbocycles. The van der Waals surface area contributed by atoms with E-state index in [1.54, 1.807) is 30.5 Å². The zero-order valence-corrected chi connectivity index (χ0v) is 14.8. The van der Waals surface area contributed by atoms with Crippen LogP contribution in [0.5, 0.6) is 0 Å². The van der Waals surface area contributed by atoms with Crippen LogP contribution in [0.4, 0.5) is 4.39 Å². The van der Waals surface area contributed by atoms with Gasteiger partial charge in [0.1, 0.15) is 11.6 Å². The third-order valence-corrected chi connectivity index (χ3v) is 4.73. The number of amides is 1. The van der Waals surface area contributed by atoms with E-state index in [2.05, 4.69) is 16.0 Å². The highest BCUT2D eigenvalue weighted by molar-refractivity contribution is 5.92. The molecule has 1 amide bonds. The van der Waals surface area contributed by atoms with Crippen molar-refractivity contribution in [3.63, 3.8) is 0 Å². The van der Waals surface area contributed by atoms with Gasteiger partial charge in [-0.15, -0.1) is 0 Å². The molecule has 4 rings (SSSR count). The molecule has 3 aromatic rings. The van der Waals surface area contributed by atoms with E-state index in [-0.39, 0.29) is 11.7 Å². The highest BCUT2D eigenvalue weighted by Gasteiger charge is 2.24. The van der Waals surface area contributed by atoms with Gasteiger partial charge in [-0.3, -0.25) is 14.7 Å². The maximum atomic E-state index is 13.0. The van der Waals surface area contributed by atoms with Gasteiger partial charge < -0.3 is 9.32 Å². The van der Waals surface area contributed by atoms with Crippen molar-refractivity contribution in [1.29, 1.82) is 0 Å². The number of aromatic nitrogens is 1. The molecule has 0 atom stereocenters. The Balaban J connectivity index is 1.36. The monoisotopic (exact) mass is 365 g/mol. The number of benzene rings is 1. The van der Waals surface area contributed by atoms with Crippen LogP contribution in [0.15, 0.2) is 65.3 Å². The molecule has 0 unspecified atom stereocenters. The molecule has 1 saturated heterocycles. The Kier molecular flexibility index (Phi) is 4.98. The topological polar surface area (TPSA) is 49.6 Å². The highest BCUT2D eigenvalue weighted by Crippen LogP contribution is 2.23. The number of hydrogen-bond acceptors (Lipinski definition) is 4. The summed E-state index contributed by atoms with van der Waals surface area (Å²) in [6.07, 6.45) is 3.64. The fourth-order valence-electron chi connectivity index (χ4n) is 3.24. The average molecular weight is 365 g/mol. The van der Waals surface area contributed by atoms with Gasteiger partial charge in [0.2, 0.25) is 0 Å². The maximum absolute atomic E-state index is 13.0. The molecule has 0 bridgehead atoms. The van der Waals surface area contributed by atoms with Crippen LogP contribution >= 0.6 is 0 Å². The first-order valence-corrected chi connectivity index (χ1v) is 8.95. The molecule has 0 spiro atoms. The van der Waals surface area contributed by atoms with E-state index < -0.39 is 0 Å². The molecule has 138 valence electrons. The van der Waals surface area contributed by atoms with Gasteiger partial charge in [0.15, 0.2) is 5.76 Å². The van der Waals surface area contributed by atoms with Crippen LogP contribution in [0.1, 0.15) is 16.1 Å². The molecule has 1 fully saturated rings. The standard InChI is InChI=1S/C21H20FN3O2/c22-18-5-3-17(4-6-18)19-7-8-20(27-19)21(26)25-12-10-24(11-13-25)15-16-2-1-9-23-14-16/h1-9,14H,10-13,15H2. The first kappa shape index (κ1) is 17.4. The normalized spacial score (nSPS) is 15.1. The molecule has 0 radical (unpaired) electrons. The van der Waals surface area contributed by atoms with Gasteiger partial charge >= 0.3 is 0 Å². The van der Waals surface area contributed by atoms with E-state index in [9.17, 15) is 9.18 Å². The van der Waals surface area contributed by atoms with Crippen molar-refractivity contribution in [2.24, 2.45) is 0 Å². The average Bonchev–Trinajstić information content (AvgIpc) is 3.20. The van der Waals surface area contributed by atoms with Gasteiger partial charge in [-0.1, -0.05) is 6.07 Å². The number of hydrogen-bond donors (Lipinski definition) is 0. The van der Waals surface area contributed by atoms with E-state index in [1.165, 1.54) is 17.7 Å².